The van der Waals surface area contributed by atoms with Crippen LogP contribution in [0.2, 0.25) is 12.6 Å². The molecule has 96 valence electrons. The Bertz CT molecular complexity index is 317. The van der Waals surface area contributed by atoms with Crippen LogP contribution in [0.1, 0.15) is 60.8 Å². The Hall–Kier alpha value is -0.195. The lowest BCUT2D eigenvalue weighted by atomic mass is 9.36. The van der Waals surface area contributed by atoms with E-state index < -0.39 is 0 Å². The summed E-state index contributed by atoms with van der Waals surface area (Å²) < 4.78 is 0. The summed E-state index contributed by atoms with van der Waals surface area (Å²) in [6, 6.07) is 0. The van der Waals surface area contributed by atoms with Crippen LogP contribution in [0.5, 0.6) is 0 Å². The first-order valence-electron chi connectivity index (χ1n) is 7.36. The SMILES string of the molecule is CC1(C)CCCC=C1B1CC(C)(C)C(C)(C)C1. The van der Waals surface area contributed by atoms with Gasteiger partial charge in [-0.25, -0.2) is 0 Å². The smallest absolute Gasteiger partial charge is 0.0995 e. The fraction of sp³-hybridized carbons (Fsp3) is 0.875. The Morgan fingerprint density at radius 1 is 0.941 bits per heavy atom. The van der Waals surface area contributed by atoms with E-state index in [0.717, 1.165) is 6.71 Å². The molecular formula is C16H29B. The van der Waals surface area contributed by atoms with Gasteiger partial charge in [0.05, 0.1) is 0 Å². The third-order valence-electron chi connectivity index (χ3n) is 5.94. The van der Waals surface area contributed by atoms with Crippen molar-refractivity contribution >= 4 is 6.71 Å². The van der Waals surface area contributed by atoms with E-state index in [1.165, 1.54) is 31.9 Å². The molecule has 1 heteroatoms. The predicted molar refractivity (Wildman–Crippen MR) is 78.6 cm³/mol. The molecule has 0 bridgehead atoms. The van der Waals surface area contributed by atoms with Crippen LogP contribution in [-0.4, -0.2) is 6.71 Å². The van der Waals surface area contributed by atoms with Crippen LogP contribution in [0.3, 0.4) is 0 Å². The van der Waals surface area contributed by atoms with Gasteiger partial charge in [-0.15, -0.1) is 0 Å². The average molecular weight is 232 g/mol. The fourth-order valence-corrected chi connectivity index (χ4v) is 4.02. The molecule has 0 nitrogen and oxygen atoms in total. The minimum atomic E-state index is 0.458. The lowest BCUT2D eigenvalue weighted by molar-refractivity contribution is 0.177. The topological polar surface area (TPSA) is 0 Å². The first-order valence-corrected chi connectivity index (χ1v) is 7.36. The summed E-state index contributed by atoms with van der Waals surface area (Å²) in [5, 5.41) is 0. The van der Waals surface area contributed by atoms with Crippen molar-refractivity contribution in [1.82, 2.24) is 0 Å². The number of allylic oxidation sites excluding steroid dienone is 2. The maximum atomic E-state index is 2.58. The van der Waals surface area contributed by atoms with E-state index in [0.29, 0.717) is 16.2 Å². The van der Waals surface area contributed by atoms with Gasteiger partial charge in [-0.3, -0.25) is 0 Å². The van der Waals surface area contributed by atoms with Crippen LogP contribution < -0.4 is 0 Å². The van der Waals surface area contributed by atoms with Crippen molar-refractivity contribution in [2.24, 2.45) is 16.2 Å². The van der Waals surface area contributed by atoms with E-state index >= 15 is 0 Å². The van der Waals surface area contributed by atoms with Crippen LogP contribution in [-0.2, 0) is 0 Å². The Labute approximate surface area is 108 Å². The highest BCUT2D eigenvalue weighted by Crippen LogP contribution is 2.56. The lowest BCUT2D eigenvalue weighted by Crippen LogP contribution is -2.29. The summed E-state index contributed by atoms with van der Waals surface area (Å²) in [6.45, 7) is 15.6. The van der Waals surface area contributed by atoms with Crippen LogP contribution in [0.25, 0.3) is 0 Å². The van der Waals surface area contributed by atoms with Crippen molar-refractivity contribution < 1.29 is 0 Å². The zero-order valence-corrected chi connectivity index (χ0v) is 12.7. The largest absolute Gasteiger partial charge is 0.171 e. The number of hydrogen-bond donors (Lipinski definition) is 0. The molecule has 1 aliphatic carbocycles. The molecule has 2 aliphatic rings. The van der Waals surface area contributed by atoms with Crippen LogP contribution in [0, 0.1) is 16.2 Å². The molecule has 0 spiro atoms. The quantitative estimate of drug-likeness (QED) is 0.543. The van der Waals surface area contributed by atoms with Crippen LogP contribution in [0.4, 0.5) is 0 Å². The Kier molecular flexibility index (Phi) is 3.04. The minimum absolute atomic E-state index is 0.458. The second kappa shape index (κ2) is 3.90. The highest BCUT2D eigenvalue weighted by molar-refractivity contribution is 6.68. The fourth-order valence-electron chi connectivity index (χ4n) is 4.02. The van der Waals surface area contributed by atoms with E-state index in [1.807, 2.05) is 0 Å². The first-order chi connectivity index (χ1) is 7.66. The van der Waals surface area contributed by atoms with Crippen molar-refractivity contribution in [2.45, 2.75) is 73.4 Å². The zero-order valence-electron chi connectivity index (χ0n) is 12.7. The minimum Gasteiger partial charge on any atom is -0.0995 e. The van der Waals surface area contributed by atoms with Crippen molar-refractivity contribution in [1.29, 1.82) is 0 Å². The predicted octanol–water partition coefficient (Wildman–Crippen LogP) is 5.22. The maximum Gasteiger partial charge on any atom is 0.171 e. The molecule has 0 aromatic rings. The van der Waals surface area contributed by atoms with Crippen molar-refractivity contribution in [3.63, 3.8) is 0 Å². The summed E-state index contributed by atoms with van der Waals surface area (Å²) in [7, 11) is 0. The van der Waals surface area contributed by atoms with Gasteiger partial charge >= 0.3 is 0 Å². The Morgan fingerprint density at radius 2 is 1.47 bits per heavy atom. The summed E-state index contributed by atoms with van der Waals surface area (Å²) in [5.74, 6) is 0. The summed E-state index contributed by atoms with van der Waals surface area (Å²) in [4.78, 5) is 0. The highest BCUT2D eigenvalue weighted by atomic mass is 14.4. The molecule has 0 radical (unpaired) electrons. The lowest BCUT2D eigenvalue weighted by Gasteiger charge is -2.35. The molecule has 1 heterocycles. The number of rotatable bonds is 1. The molecule has 0 aromatic heterocycles. The molecule has 2 rings (SSSR count). The van der Waals surface area contributed by atoms with Crippen molar-refractivity contribution in [3.05, 3.63) is 11.5 Å². The Morgan fingerprint density at radius 3 is 1.94 bits per heavy atom. The van der Waals surface area contributed by atoms with Gasteiger partial charge in [0.25, 0.3) is 0 Å². The van der Waals surface area contributed by atoms with Gasteiger partial charge in [0.15, 0.2) is 6.71 Å². The normalized spacial score (nSPS) is 30.2. The van der Waals surface area contributed by atoms with Gasteiger partial charge in [0.1, 0.15) is 0 Å². The van der Waals surface area contributed by atoms with Crippen LogP contribution in [0.15, 0.2) is 11.5 Å². The molecule has 1 saturated heterocycles. The van der Waals surface area contributed by atoms with E-state index in [1.54, 1.807) is 5.47 Å². The second-order valence-electron chi connectivity index (χ2n) is 8.31. The van der Waals surface area contributed by atoms with Gasteiger partial charge in [-0.2, -0.15) is 0 Å². The highest BCUT2D eigenvalue weighted by Gasteiger charge is 2.50. The van der Waals surface area contributed by atoms with Gasteiger partial charge in [0, 0.05) is 0 Å². The molecule has 17 heavy (non-hydrogen) atoms. The molecule has 0 amide bonds. The van der Waals surface area contributed by atoms with Gasteiger partial charge in [-0.1, -0.05) is 65.7 Å². The summed E-state index contributed by atoms with van der Waals surface area (Å²) in [5.41, 5.74) is 3.22. The standard InChI is InChI=1S/C16H29B/c1-14(2)10-8-7-9-13(14)17-11-15(3,4)16(5,6)12-17/h9H,7-8,10-12H2,1-6H3. The molecular weight excluding hydrogens is 203 g/mol. The summed E-state index contributed by atoms with van der Waals surface area (Å²) in [6.07, 6.45) is 9.43. The van der Waals surface area contributed by atoms with Gasteiger partial charge < -0.3 is 0 Å². The average Bonchev–Trinajstić information content (AvgIpc) is 2.34. The van der Waals surface area contributed by atoms with E-state index in [4.69, 9.17) is 0 Å². The molecule has 0 saturated carbocycles. The maximum absolute atomic E-state index is 2.58. The molecule has 0 unspecified atom stereocenters. The Balaban J connectivity index is 2.24. The third-order valence-corrected chi connectivity index (χ3v) is 5.94. The molecule has 0 aromatic carbocycles. The van der Waals surface area contributed by atoms with Crippen molar-refractivity contribution in [3.8, 4) is 0 Å². The van der Waals surface area contributed by atoms with Crippen LogP contribution >= 0.6 is 0 Å². The number of hydrogen-bond acceptors (Lipinski definition) is 0. The molecule has 0 N–H and O–H groups in total. The van der Waals surface area contributed by atoms with Crippen molar-refractivity contribution in [2.75, 3.05) is 0 Å². The summed E-state index contributed by atoms with van der Waals surface area (Å²) >= 11 is 0. The first kappa shape index (κ1) is 13.2. The molecule has 0 atom stereocenters. The van der Waals surface area contributed by atoms with E-state index in [2.05, 4.69) is 47.6 Å². The van der Waals surface area contributed by atoms with E-state index in [9.17, 15) is 0 Å². The van der Waals surface area contributed by atoms with Gasteiger partial charge in [-0.05, 0) is 35.5 Å². The molecule has 1 aliphatic heterocycles. The van der Waals surface area contributed by atoms with Gasteiger partial charge in [0.2, 0.25) is 0 Å². The van der Waals surface area contributed by atoms with E-state index in [-0.39, 0.29) is 0 Å². The second-order valence-corrected chi connectivity index (χ2v) is 8.31. The third kappa shape index (κ3) is 2.22. The molecule has 1 fully saturated rings. The zero-order chi connectivity index (χ0) is 12.9. The monoisotopic (exact) mass is 232 g/mol.